The van der Waals surface area contributed by atoms with E-state index < -0.39 is 0 Å². The summed E-state index contributed by atoms with van der Waals surface area (Å²) in [6.45, 7) is 13.0. The third-order valence-corrected chi connectivity index (χ3v) is 3.67. The Balaban J connectivity index is 2.29. The predicted octanol–water partition coefficient (Wildman–Crippen LogP) is 3.17. The molecule has 0 radical (unpaired) electrons. The molecule has 1 fully saturated rings. The van der Waals surface area contributed by atoms with E-state index in [2.05, 4.69) is 55.5 Å². The van der Waals surface area contributed by atoms with Crippen LogP contribution in [0.3, 0.4) is 0 Å². The average Bonchev–Trinajstić information content (AvgIpc) is 2.54. The molecule has 0 spiro atoms. The molecule has 0 aliphatic carbocycles. The Morgan fingerprint density at radius 2 is 1.94 bits per heavy atom. The topological polar surface area (TPSA) is 6.48 Å². The number of benzene rings is 1. The number of hydrogen-bond donors (Lipinski definition) is 0. The first-order valence-electron chi connectivity index (χ1n) is 6.78. The second-order valence-electron chi connectivity index (χ2n) is 5.44. The first-order valence-corrected chi connectivity index (χ1v) is 6.78. The van der Waals surface area contributed by atoms with Crippen LogP contribution in [-0.2, 0) is 0 Å². The quantitative estimate of drug-likeness (QED) is 0.788. The number of allylic oxidation sites excluding steroid dienone is 1. The lowest BCUT2D eigenvalue weighted by molar-refractivity contribution is 0.360. The van der Waals surface area contributed by atoms with E-state index in [0.29, 0.717) is 0 Å². The summed E-state index contributed by atoms with van der Waals surface area (Å²) < 4.78 is 0. The fraction of sp³-hybridized carbons (Fsp3) is 0.500. The fourth-order valence-electron chi connectivity index (χ4n) is 2.55. The van der Waals surface area contributed by atoms with Crippen molar-refractivity contribution < 1.29 is 0 Å². The van der Waals surface area contributed by atoms with Crippen molar-refractivity contribution in [2.24, 2.45) is 0 Å². The molecular weight excluding hydrogens is 220 g/mol. The van der Waals surface area contributed by atoms with Crippen molar-refractivity contribution in [3.05, 3.63) is 35.9 Å². The molecule has 0 N–H and O–H groups in total. The van der Waals surface area contributed by atoms with Crippen LogP contribution in [0.4, 0.5) is 5.69 Å². The lowest BCUT2D eigenvalue weighted by Gasteiger charge is -2.26. The van der Waals surface area contributed by atoms with E-state index in [9.17, 15) is 0 Å². The Hall–Kier alpha value is -1.28. The van der Waals surface area contributed by atoms with Crippen LogP contribution < -0.4 is 4.90 Å². The van der Waals surface area contributed by atoms with Crippen LogP contribution in [-0.4, -0.2) is 38.1 Å². The molecule has 1 aliphatic heterocycles. The van der Waals surface area contributed by atoms with E-state index in [0.717, 1.165) is 25.2 Å². The summed E-state index contributed by atoms with van der Waals surface area (Å²) in [5.41, 5.74) is 5.12. The van der Waals surface area contributed by atoms with E-state index in [1.807, 2.05) is 0 Å². The van der Waals surface area contributed by atoms with Gasteiger partial charge in [-0.2, -0.15) is 0 Å². The Bertz CT molecular complexity index is 437. The van der Waals surface area contributed by atoms with Gasteiger partial charge < -0.3 is 9.80 Å². The molecule has 0 amide bonds. The highest BCUT2D eigenvalue weighted by atomic mass is 15.2. The summed E-state index contributed by atoms with van der Waals surface area (Å²) in [5.74, 6) is 0. The van der Waals surface area contributed by atoms with Crippen LogP contribution >= 0.6 is 0 Å². The van der Waals surface area contributed by atoms with Crippen molar-refractivity contribution in [1.82, 2.24) is 4.90 Å². The Kier molecular flexibility index (Phi) is 4.07. The van der Waals surface area contributed by atoms with Crippen molar-refractivity contribution in [2.45, 2.75) is 20.3 Å². The van der Waals surface area contributed by atoms with Crippen LogP contribution in [0.25, 0.3) is 5.57 Å². The van der Waals surface area contributed by atoms with E-state index in [1.54, 1.807) is 0 Å². The summed E-state index contributed by atoms with van der Waals surface area (Å²) in [7, 11) is 2.21. The minimum atomic E-state index is 1.11. The SMILES string of the molecule is C=C(C)c1cc(C)ccc1N1CCCN(C)CC1. The minimum Gasteiger partial charge on any atom is -0.370 e. The summed E-state index contributed by atoms with van der Waals surface area (Å²) in [4.78, 5) is 4.92. The zero-order valence-electron chi connectivity index (χ0n) is 11.9. The molecule has 1 heterocycles. The standard InChI is InChI=1S/C16H24N2/c1-13(2)15-12-14(3)6-7-16(15)18-9-5-8-17(4)10-11-18/h6-7,12H,1,5,8-11H2,2-4H3. The molecule has 98 valence electrons. The van der Waals surface area contributed by atoms with Gasteiger partial charge in [0.25, 0.3) is 0 Å². The normalized spacial score (nSPS) is 17.6. The van der Waals surface area contributed by atoms with E-state index in [4.69, 9.17) is 0 Å². The van der Waals surface area contributed by atoms with Gasteiger partial charge in [-0.1, -0.05) is 18.2 Å². The number of nitrogens with zero attached hydrogens (tertiary/aromatic N) is 2. The average molecular weight is 244 g/mol. The van der Waals surface area contributed by atoms with Crippen LogP contribution in [0.2, 0.25) is 0 Å². The highest BCUT2D eigenvalue weighted by molar-refractivity contribution is 5.75. The third kappa shape index (κ3) is 2.94. The number of hydrogen-bond acceptors (Lipinski definition) is 2. The molecule has 1 aromatic rings. The zero-order chi connectivity index (χ0) is 13.1. The van der Waals surface area contributed by atoms with Gasteiger partial charge in [0.1, 0.15) is 0 Å². The van der Waals surface area contributed by atoms with Crippen molar-refractivity contribution in [3.8, 4) is 0 Å². The third-order valence-electron chi connectivity index (χ3n) is 3.67. The Labute approximate surface area is 111 Å². The zero-order valence-corrected chi connectivity index (χ0v) is 11.9. The van der Waals surface area contributed by atoms with E-state index in [-0.39, 0.29) is 0 Å². The van der Waals surface area contributed by atoms with Crippen molar-refractivity contribution in [1.29, 1.82) is 0 Å². The number of aryl methyl sites for hydroxylation is 1. The van der Waals surface area contributed by atoms with Gasteiger partial charge in [0.2, 0.25) is 0 Å². The van der Waals surface area contributed by atoms with Crippen molar-refractivity contribution in [2.75, 3.05) is 38.1 Å². The highest BCUT2D eigenvalue weighted by Gasteiger charge is 2.15. The molecule has 1 aromatic carbocycles. The first-order chi connectivity index (χ1) is 8.58. The lowest BCUT2D eigenvalue weighted by atomic mass is 10.0. The second kappa shape index (κ2) is 5.57. The molecule has 18 heavy (non-hydrogen) atoms. The van der Waals surface area contributed by atoms with Crippen molar-refractivity contribution in [3.63, 3.8) is 0 Å². The molecule has 1 aliphatic rings. The largest absolute Gasteiger partial charge is 0.370 e. The minimum absolute atomic E-state index is 1.11. The number of rotatable bonds is 2. The van der Waals surface area contributed by atoms with Crippen LogP contribution in [0.15, 0.2) is 24.8 Å². The number of likely N-dealkylation sites (N-methyl/N-ethyl adjacent to an activating group) is 1. The molecule has 2 heteroatoms. The maximum Gasteiger partial charge on any atom is 0.0442 e. The Morgan fingerprint density at radius 1 is 1.17 bits per heavy atom. The predicted molar refractivity (Wildman–Crippen MR) is 80.2 cm³/mol. The molecule has 0 unspecified atom stereocenters. The van der Waals surface area contributed by atoms with Crippen LogP contribution in [0.1, 0.15) is 24.5 Å². The fourth-order valence-corrected chi connectivity index (χ4v) is 2.55. The molecule has 2 rings (SSSR count). The van der Waals surface area contributed by atoms with E-state index >= 15 is 0 Å². The molecule has 0 aromatic heterocycles. The molecule has 0 atom stereocenters. The van der Waals surface area contributed by atoms with Gasteiger partial charge in [-0.05, 0) is 51.6 Å². The van der Waals surface area contributed by atoms with Crippen molar-refractivity contribution >= 4 is 11.3 Å². The van der Waals surface area contributed by atoms with E-state index in [1.165, 1.54) is 29.8 Å². The smallest absolute Gasteiger partial charge is 0.0442 e. The highest BCUT2D eigenvalue weighted by Crippen LogP contribution is 2.28. The van der Waals surface area contributed by atoms with Gasteiger partial charge in [-0.25, -0.2) is 0 Å². The van der Waals surface area contributed by atoms with Crippen LogP contribution in [0.5, 0.6) is 0 Å². The Morgan fingerprint density at radius 3 is 2.67 bits per heavy atom. The lowest BCUT2D eigenvalue weighted by Crippen LogP contribution is -2.29. The maximum atomic E-state index is 4.12. The van der Waals surface area contributed by atoms with Gasteiger partial charge in [-0.3, -0.25) is 0 Å². The molecule has 2 nitrogen and oxygen atoms in total. The summed E-state index contributed by atoms with van der Waals surface area (Å²) in [6.07, 6.45) is 1.24. The van der Waals surface area contributed by atoms with Gasteiger partial charge in [0, 0.05) is 30.9 Å². The summed E-state index contributed by atoms with van der Waals surface area (Å²) in [5, 5.41) is 0. The first kappa shape index (κ1) is 13.2. The van der Waals surface area contributed by atoms with Gasteiger partial charge in [-0.15, -0.1) is 0 Å². The maximum absolute atomic E-state index is 4.12. The monoisotopic (exact) mass is 244 g/mol. The molecule has 0 bridgehead atoms. The molecule has 0 saturated carbocycles. The second-order valence-corrected chi connectivity index (χ2v) is 5.44. The number of anilines is 1. The van der Waals surface area contributed by atoms with Gasteiger partial charge >= 0.3 is 0 Å². The summed E-state index contributed by atoms with van der Waals surface area (Å²) in [6, 6.07) is 6.72. The van der Waals surface area contributed by atoms with Gasteiger partial charge in [0.15, 0.2) is 0 Å². The summed E-state index contributed by atoms with van der Waals surface area (Å²) >= 11 is 0. The van der Waals surface area contributed by atoms with Crippen LogP contribution in [0, 0.1) is 6.92 Å². The van der Waals surface area contributed by atoms with Gasteiger partial charge in [0.05, 0.1) is 0 Å². The molecular formula is C16H24N2. The molecule has 1 saturated heterocycles.